The average Bonchev–Trinajstić information content (AvgIpc) is 2.54. The zero-order valence-corrected chi connectivity index (χ0v) is 19.0. The van der Waals surface area contributed by atoms with Crippen molar-refractivity contribution in [3.8, 4) is 5.75 Å². The molecule has 1 aromatic carbocycles. The topological polar surface area (TPSA) is 75.0 Å². The molecule has 0 saturated carbocycles. The fourth-order valence-electron chi connectivity index (χ4n) is 2.70. The number of rotatable bonds is 13. The first-order valence-corrected chi connectivity index (χ1v) is 11.6. The van der Waals surface area contributed by atoms with Gasteiger partial charge in [0, 0.05) is 37.0 Å². The number of hydrogen-bond acceptors (Lipinski definition) is 6. The molecule has 0 aliphatic heterocycles. The van der Waals surface area contributed by atoms with Gasteiger partial charge in [-0.15, -0.1) is 0 Å². The van der Waals surface area contributed by atoms with E-state index in [2.05, 4.69) is 5.32 Å². The van der Waals surface area contributed by atoms with E-state index in [1.807, 2.05) is 72.7 Å². The lowest BCUT2D eigenvalue weighted by Crippen LogP contribution is -2.63. The highest BCUT2D eigenvalue weighted by molar-refractivity contribution is 6.75. The van der Waals surface area contributed by atoms with Crippen LogP contribution in [0, 0.1) is 0 Å². The van der Waals surface area contributed by atoms with Crippen LogP contribution in [-0.4, -0.2) is 52.9 Å². The van der Waals surface area contributed by atoms with Crippen LogP contribution in [0.2, 0.25) is 0 Å². The van der Waals surface area contributed by atoms with Crippen LogP contribution in [0.3, 0.4) is 0 Å². The SMILES string of the molecule is CCOc1ccc([Si](OC(C)C)(OC(C)C)OC(C)(C)CNCCN)cc1. The first kappa shape index (κ1) is 24.1. The Kier molecular flexibility index (Phi) is 9.93. The number of hydrogen-bond donors (Lipinski definition) is 2. The van der Waals surface area contributed by atoms with Crippen molar-refractivity contribution >= 4 is 14.0 Å². The molecule has 0 unspecified atom stereocenters. The summed E-state index contributed by atoms with van der Waals surface area (Å²) in [7, 11) is -3.17. The van der Waals surface area contributed by atoms with Crippen molar-refractivity contribution in [2.45, 2.75) is 66.3 Å². The van der Waals surface area contributed by atoms with Crippen LogP contribution in [0.15, 0.2) is 24.3 Å². The standard InChI is InChI=1S/C20H38N2O4Si/c1-8-23-18-9-11-19(12-10-18)27(24-16(2)3,25-17(4)5)26-20(6,7)15-22-14-13-21/h9-12,16-17,22H,8,13-15,21H2,1-7H3. The van der Waals surface area contributed by atoms with Gasteiger partial charge < -0.3 is 29.1 Å². The van der Waals surface area contributed by atoms with Crippen LogP contribution >= 0.6 is 0 Å². The van der Waals surface area contributed by atoms with Gasteiger partial charge >= 0.3 is 8.80 Å². The second-order valence-electron chi connectivity index (χ2n) is 7.67. The molecule has 0 bridgehead atoms. The molecular formula is C20H38N2O4Si. The van der Waals surface area contributed by atoms with Gasteiger partial charge in [-0.25, -0.2) is 0 Å². The van der Waals surface area contributed by atoms with Crippen molar-refractivity contribution in [2.75, 3.05) is 26.2 Å². The average molecular weight is 399 g/mol. The van der Waals surface area contributed by atoms with E-state index in [4.69, 9.17) is 23.7 Å². The van der Waals surface area contributed by atoms with E-state index in [9.17, 15) is 0 Å². The Morgan fingerprint density at radius 1 is 1.04 bits per heavy atom. The quantitative estimate of drug-likeness (QED) is 0.393. The first-order chi connectivity index (χ1) is 12.6. The van der Waals surface area contributed by atoms with Gasteiger partial charge in [-0.3, -0.25) is 0 Å². The summed E-state index contributed by atoms with van der Waals surface area (Å²) in [5.41, 5.74) is 5.11. The molecule has 0 aliphatic rings. The molecule has 0 heterocycles. The van der Waals surface area contributed by atoms with E-state index in [0.29, 0.717) is 19.7 Å². The Labute approximate surface area is 166 Å². The van der Waals surface area contributed by atoms with E-state index in [0.717, 1.165) is 17.5 Å². The summed E-state index contributed by atoms with van der Waals surface area (Å²) in [6, 6.07) is 7.87. The van der Waals surface area contributed by atoms with Gasteiger partial charge in [-0.05, 0) is 60.6 Å². The molecule has 6 nitrogen and oxygen atoms in total. The highest BCUT2D eigenvalue weighted by Crippen LogP contribution is 2.24. The largest absolute Gasteiger partial charge is 0.538 e. The molecule has 0 atom stereocenters. The molecule has 0 amide bonds. The fraction of sp³-hybridized carbons (Fsp3) is 0.700. The predicted molar refractivity (Wildman–Crippen MR) is 113 cm³/mol. The molecule has 0 spiro atoms. The maximum absolute atomic E-state index is 6.63. The molecule has 0 radical (unpaired) electrons. The molecular weight excluding hydrogens is 360 g/mol. The first-order valence-electron chi connectivity index (χ1n) is 9.84. The van der Waals surface area contributed by atoms with Gasteiger partial charge in [0.15, 0.2) is 0 Å². The third-order valence-corrected chi connectivity index (χ3v) is 7.01. The lowest BCUT2D eigenvalue weighted by atomic mass is 10.1. The van der Waals surface area contributed by atoms with Crippen LogP contribution in [0.4, 0.5) is 0 Å². The molecule has 0 aromatic heterocycles. The van der Waals surface area contributed by atoms with Crippen molar-refractivity contribution in [1.29, 1.82) is 0 Å². The third kappa shape index (κ3) is 8.29. The normalized spacial score (nSPS) is 12.8. The molecule has 0 aliphatic carbocycles. The number of ether oxygens (including phenoxy) is 1. The van der Waals surface area contributed by atoms with Crippen LogP contribution in [0.1, 0.15) is 48.5 Å². The summed E-state index contributed by atoms with van der Waals surface area (Å²) >= 11 is 0. The van der Waals surface area contributed by atoms with Crippen molar-refractivity contribution in [2.24, 2.45) is 5.73 Å². The van der Waals surface area contributed by atoms with Gasteiger partial charge in [0.05, 0.1) is 12.2 Å². The Hall–Kier alpha value is -0.963. The molecule has 1 rings (SSSR count). The highest BCUT2D eigenvalue weighted by atomic mass is 28.4. The predicted octanol–water partition coefficient (Wildman–Crippen LogP) is 2.42. The van der Waals surface area contributed by atoms with Crippen molar-refractivity contribution in [3.05, 3.63) is 24.3 Å². The number of benzene rings is 1. The smallest absolute Gasteiger partial charge is 0.494 e. The third-order valence-electron chi connectivity index (χ3n) is 3.58. The molecule has 0 fully saturated rings. The number of nitrogens with one attached hydrogen (secondary N) is 1. The van der Waals surface area contributed by atoms with E-state index in [1.54, 1.807) is 0 Å². The Morgan fingerprint density at radius 2 is 1.59 bits per heavy atom. The lowest BCUT2D eigenvalue weighted by molar-refractivity contribution is -0.0259. The fourth-order valence-corrected chi connectivity index (χ4v) is 5.86. The summed E-state index contributed by atoms with van der Waals surface area (Å²) in [5, 5.41) is 4.25. The Balaban J connectivity index is 3.23. The molecule has 1 aromatic rings. The minimum absolute atomic E-state index is 0.0326. The van der Waals surface area contributed by atoms with Gasteiger partial charge in [0.25, 0.3) is 0 Å². The highest BCUT2D eigenvalue weighted by Gasteiger charge is 2.49. The molecule has 3 N–H and O–H groups in total. The van der Waals surface area contributed by atoms with Gasteiger partial charge in [0.1, 0.15) is 5.75 Å². The van der Waals surface area contributed by atoms with E-state index < -0.39 is 14.4 Å². The van der Waals surface area contributed by atoms with Gasteiger partial charge in [0.2, 0.25) is 0 Å². The second-order valence-corrected chi connectivity index (χ2v) is 10.0. The van der Waals surface area contributed by atoms with Gasteiger partial charge in [-0.1, -0.05) is 12.1 Å². The summed E-state index contributed by atoms with van der Waals surface area (Å²) < 4.78 is 25.0. The lowest BCUT2D eigenvalue weighted by Gasteiger charge is -2.39. The Morgan fingerprint density at radius 3 is 2.04 bits per heavy atom. The molecule has 7 heteroatoms. The van der Waals surface area contributed by atoms with E-state index in [-0.39, 0.29) is 12.2 Å². The second kappa shape index (κ2) is 11.1. The van der Waals surface area contributed by atoms with Crippen molar-refractivity contribution < 1.29 is 18.0 Å². The molecule has 0 saturated heterocycles. The summed E-state index contributed by atoms with van der Waals surface area (Å²) in [5.74, 6) is 0.821. The molecule has 27 heavy (non-hydrogen) atoms. The van der Waals surface area contributed by atoms with Crippen LogP contribution < -0.4 is 21.0 Å². The van der Waals surface area contributed by atoms with E-state index >= 15 is 0 Å². The summed E-state index contributed by atoms with van der Waals surface area (Å²) in [4.78, 5) is 0. The van der Waals surface area contributed by atoms with Crippen LogP contribution in [-0.2, 0) is 13.3 Å². The van der Waals surface area contributed by atoms with Crippen molar-refractivity contribution in [3.63, 3.8) is 0 Å². The van der Waals surface area contributed by atoms with Crippen molar-refractivity contribution in [1.82, 2.24) is 5.32 Å². The summed E-state index contributed by atoms with van der Waals surface area (Å²) in [6.07, 6.45) is -0.0652. The maximum atomic E-state index is 6.63. The van der Waals surface area contributed by atoms with Crippen LogP contribution in [0.25, 0.3) is 0 Å². The van der Waals surface area contributed by atoms with Crippen LogP contribution in [0.5, 0.6) is 5.75 Å². The van der Waals surface area contributed by atoms with E-state index in [1.165, 1.54) is 0 Å². The molecule has 156 valence electrons. The Bertz CT molecular complexity index is 525. The minimum Gasteiger partial charge on any atom is -0.494 e. The summed E-state index contributed by atoms with van der Waals surface area (Å²) in [6.45, 7) is 16.7. The monoisotopic (exact) mass is 398 g/mol. The maximum Gasteiger partial charge on any atom is 0.538 e. The minimum atomic E-state index is -3.17. The zero-order chi connectivity index (χ0) is 20.5. The zero-order valence-electron chi connectivity index (χ0n) is 18.0. The van der Waals surface area contributed by atoms with Gasteiger partial charge in [-0.2, -0.15) is 0 Å². The number of nitrogens with two attached hydrogens (primary N) is 1.